The number of rotatable bonds is 8. The van der Waals surface area contributed by atoms with Crippen molar-refractivity contribution in [3.8, 4) is 5.75 Å². The standard InChI is InChI=1S/C13H16N2O5S/c1-20-10-6-8(2-3-9(10)13(18)19)15-12(17)4-5-21-7-11(14)16/h2-3,6H,4-5,7H2,1H3,(H2,14,16)(H,15,17)(H,18,19). The molecule has 4 N–H and O–H groups in total. The highest BCUT2D eigenvalue weighted by atomic mass is 32.2. The van der Waals surface area contributed by atoms with E-state index in [1.165, 1.54) is 37.1 Å². The summed E-state index contributed by atoms with van der Waals surface area (Å²) in [6, 6.07) is 4.29. The number of hydrogen-bond acceptors (Lipinski definition) is 5. The van der Waals surface area contributed by atoms with Gasteiger partial charge in [-0.15, -0.1) is 0 Å². The van der Waals surface area contributed by atoms with E-state index in [1.54, 1.807) is 0 Å². The van der Waals surface area contributed by atoms with Gasteiger partial charge in [0.2, 0.25) is 11.8 Å². The minimum atomic E-state index is -1.10. The second-order valence-electron chi connectivity index (χ2n) is 4.04. The van der Waals surface area contributed by atoms with Crippen LogP contribution in [-0.2, 0) is 9.59 Å². The van der Waals surface area contributed by atoms with Crippen LogP contribution >= 0.6 is 11.8 Å². The average Bonchev–Trinajstić information content (AvgIpc) is 2.43. The van der Waals surface area contributed by atoms with Crippen molar-refractivity contribution in [2.45, 2.75) is 6.42 Å². The monoisotopic (exact) mass is 312 g/mol. The van der Waals surface area contributed by atoms with Crippen molar-refractivity contribution in [1.82, 2.24) is 0 Å². The van der Waals surface area contributed by atoms with Crippen molar-refractivity contribution in [2.75, 3.05) is 23.9 Å². The van der Waals surface area contributed by atoms with E-state index < -0.39 is 11.9 Å². The lowest BCUT2D eigenvalue weighted by molar-refractivity contribution is -0.116. The van der Waals surface area contributed by atoms with Gasteiger partial charge >= 0.3 is 5.97 Å². The van der Waals surface area contributed by atoms with Gasteiger partial charge in [0.25, 0.3) is 0 Å². The van der Waals surface area contributed by atoms with Crippen molar-refractivity contribution in [2.24, 2.45) is 5.73 Å². The van der Waals surface area contributed by atoms with Gasteiger partial charge in [0.15, 0.2) is 0 Å². The van der Waals surface area contributed by atoms with E-state index in [-0.39, 0.29) is 29.4 Å². The van der Waals surface area contributed by atoms with Gasteiger partial charge in [-0.3, -0.25) is 9.59 Å². The molecule has 0 unspecified atom stereocenters. The van der Waals surface area contributed by atoms with E-state index in [2.05, 4.69) is 5.32 Å². The van der Waals surface area contributed by atoms with Gasteiger partial charge in [0.1, 0.15) is 11.3 Å². The minimum Gasteiger partial charge on any atom is -0.496 e. The third-order valence-corrected chi connectivity index (χ3v) is 3.41. The van der Waals surface area contributed by atoms with Gasteiger partial charge in [-0.1, -0.05) is 0 Å². The molecule has 0 spiro atoms. The van der Waals surface area contributed by atoms with Gasteiger partial charge in [-0.05, 0) is 12.1 Å². The molecule has 0 aliphatic heterocycles. The number of aromatic carboxylic acids is 1. The maximum Gasteiger partial charge on any atom is 0.339 e. The summed E-state index contributed by atoms with van der Waals surface area (Å²) in [6.07, 6.45) is 0.223. The molecule has 2 amide bonds. The molecule has 0 bridgehead atoms. The van der Waals surface area contributed by atoms with Crippen molar-refractivity contribution < 1.29 is 24.2 Å². The average molecular weight is 312 g/mol. The molecular weight excluding hydrogens is 296 g/mol. The fraction of sp³-hybridized carbons (Fsp3) is 0.308. The van der Waals surface area contributed by atoms with Crippen molar-refractivity contribution in [3.63, 3.8) is 0 Å². The molecule has 0 saturated heterocycles. The number of nitrogens with one attached hydrogen (secondary N) is 1. The van der Waals surface area contributed by atoms with Crippen LogP contribution in [0.1, 0.15) is 16.8 Å². The molecule has 1 rings (SSSR count). The number of methoxy groups -OCH3 is 1. The molecule has 114 valence electrons. The number of carboxylic acid groups (broad SMARTS) is 1. The van der Waals surface area contributed by atoms with Gasteiger partial charge in [0.05, 0.1) is 12.9 Å². The number of primary amides is 1. The number of hydrogen-bond donors (Lipinski definition) is 3. The van der Waals surface area contributed by atoms with E-state index in [0.29, 0.717) is 11.4 Å². The number of ether oxygens (including phenoxy) is 1. The zero-order chi connectivity index (χ0) is 15.8. The SMILES string of the molecule is COc1cc(NC(=O)CCSCC(N)=O)ccc1C(=O)O. The van der Waals surface area contributed by atoms with E-state index >= 15 is 0 Å². The fourth-order valence-electron chi connectivity index (χ4n) is 1.51. The zero-order valence-electron chi connectivity index (χ0n) is 11.4. The second-order valence-corrected chi connectivity index (χ2v) is 5.14. The first-order valence-corrected chi connectivity index (χ1v) is 7.16. The number of carbonyl (C=O) groups is 3. The summed E-state index contributed by atoms with van der Waals surface area (Å²) in [5.41, 5.74) is 5.45. The Morgan fingerprint density at radius 3 is 2.67 bits per heavy atom. The molecular formula is C13H16N2O5S. The Hall–Kier alpha value is -2.22. The molecule has 0 aromatic heterocycles. The highest BCUT2D eigenvalue weighted by Gasteiger charge is 2.12. The van der Waals surface area contributed by atoms with Crippen molar-refractivity contribution in [1.29, 1.82) is 0 Å². The lowest BCUT2D eigenvalue weighted by Crippen LogP contribution is -2.16. The van der Waals surface area contributed by atoms with Crippen LogP contribution in [0, 0.1) is 0 Å². The normalized spacial score (nSPS) is 9.95. The summed E-state index contributed by atoms with van der Waals surface area (Å²) < 4.78 is 4.97. The van der Waals surface area contributed by atoms with E-state index in [4.69, 9.17) is 15.6 Å². The van der Waals surface area contributed by atoms with Crippen LogP contribution in [-0.4, -0.2) is 41.5 Å². The number of nitrogens with two attached hydrogens (primary N) is 1. The summed E-state index contributed by atoms with van der Waals surface area (Å²) in [4.78, 5) is 33.1. The maximum atomic E-state index is 11.7. The molecule has 0 saturated carbocycles. The molecule has 0 aliphatic rings. The highest BCUT2D eigenvalue weighted by molar-refractivity contribution is 7.99. The molecule has 1 aromatic carbocycles. The van der Waals surface area contributed by atoms with Crippen LogP contribution in [0.4, 0.5) is 5.69 Å². The molecule has 21 heavy (non-hydrogen) atoms. The molecule has 0 radical (unpaired) electrons. The number of benzene rings is 1. The van der Waals surface area contributed by atoms with E-state index in [1.807, 2.05) is 0 Å². The first-order valence-electron chi connectivity index (χ1n) is 6.01. The fourth-order valence-corrected chi connectivity index (χ4v) is 2.18. The zero-order valence-corrected chi connectivity index (χ0v) is 12.2. The first-order chi connectivity index (χ1) is 9.93. The van der Waals surface area contributed by atoms with E-state index in [0.717, 1.165) is 0 Å². The second kappa shape index (κ2) is 8.15. The van der Waals surface area contributed by atoms with Gasteiger partial charge < -0.3 is 20.9 Å². The maximum absolute atomic E-state index is 11.7. The third-order valence-electron chi connectivity index (χ3n) is 2.43. The highest BCUT2D eigenvalue weighted by Crippen LogP contribution is 2.23. The Bertz CT molecular complexity index is 547. The van der Waals surface area contributed by atoms with Crippen LogP contribution in [0.5, 0.6) is 5.75 Å². The van der Waals surface area contributed by atoms with E-state index in [9.17, 15) is 14.4 Å². The van der Waals surface area contributed by atoms with Crippen LogP contribution in [0.2, 0.25) is 0 Å². The Balaban J connectivity index is 2.56. The minimum absolute atomic E-state index is 0.0208. The summed E-state index contributed by atoms with van der Waals surface area (Å²) in [6.45, 7) is 0. The smallest absolute Gasteiger partial charge is 0.339 e. The molecule has 0 heterocycles. The molecule has 0 fully saturated rings. The molecule has 1 aromatic rings. The number of carbonyl (C=O) groups excluding carboxylic acids is 2. The molecule has 8 heteroatoms. The van der Waals surface area contributed by atoms with Crippen LogP contribution in [0.15, 0.2) is 18.2 Å². The Morgan fingerprint density at radius 2 is 2.10 bits per heavy atom. The van der Waals surface area contributed by atoms with Crippen molar-refractivity contribution >= 4 is 35.2 Å². The Kier molecular flexibility index (Phi) is 6.54. The molecule has 0 atom stereocenters. The quantitative estimate of drug-likeness (QED) is 0.615. The summed E-state index contributed by atoms with van der Waals surface area (Å²) in [5.74, 6) is -0.949. The predicted molar refractivity (Wildman–Crippen MR) is 79.7 cm³/mol. The largest absolute Gasteiger partial charge is 0.496 e. The van der Waals surface area contributed by atoms with Gasteiger partial charge in [0, 0.05) is 23.9 Å². The van der Waals surface area contributed by atoms with Gasteiger partial charge in [-0.25, -0.2) is 4.79 Å². The Morgan fingerprint density at radius 1 is 1.38 bits per heavy atom. The summed E-state index contributed by atoms with van der Waals surface area (Å²) in [5, 5.41) is 11.6. The van der Waals surface area contributed by atoms with Crippen LogP contribution in [0.25, 0.3) is 0 Å². The number of anilines is 1. The number of carboxylic acids is 1. The molecule has 7 nitrogen and oxygen atoms in total. The number of amides is 2. The Labute approximate surface area is 125 Å². The lowest BCUT2D eigenvalue weighted by atomic mass is 10.2. The molecule has 0 aliphatic carbocycles. The third kappa shape index (κ3) is 5.74. The first kappa shape index (κ1) is 16.8. The van der Waals surface area contributed by atoms with Crippen LogP contribution in [0.3, 0.4) is 0 Å². The van der Waals surface area contributed by atoms with Crippen molar-refractivity contribution in [3.05, 3.63) is 23.8 Å². The number of thioether (sulfide) groups is 1. The summed E-state index contributed by atoms with van der Waals surface area (Å²) in [7, 11) is 1.36. The lowest BCUT2D eigenvalue weighted by Gasteiger charge is -2.09. The topological polar surface area (TPSA) is 119 Å². The van der Waals surface area contributed by atoms with Crippen LogP contribution < -0.4 is 15.8 Å². The van der Waals surface area contributed by atoms with Gasteiger partial charge in [-0.2, -0.15) is 11.8 Å². The summed E-state index contributed by atoms with van der Waals surface area (Å²) >= 11 is 1.28. The predicted octanol–water partition coefficient (Wildman–Crippen LogP) is 0.940.